The van der Waals surface area contributed by atoms with Crippen molar-refractivity contribution in [3.8, 4) is 5.75 Å². The Morgan fingerprint density at radius 3 is 2.23 bits per heavy atom. The molecule has 26 heavy (non-hydrogen) atoms. The quantitative estimate of drug-likeness (QED) is 0.767. The molecule has 1 N–H and O–H groups in total. The van der Waals surface area contributed by atoms with Crippen LogP contribution in [0.25, 0.3) is 0 Å². The Bertz CT molecular complexity index is 748. The molecule has 1 amide bonds. The average Bonchev–Trinajstić information content (AvgIpc) is 2.59. The van der Waals surface area contributed by atoms with E-state index in [2.05, 4.69) is 12.2 Å². The summed E-state index contributed by atoms with van der Waals surface area (Å²) in [6, 6.07) is 13.3. The average molecular weight is 355 g/mol. The highest BCUT2D eigenvalue weighted by Crippen LogP contribution is 2.16. The summed E-state index contributed by atoms with van der Waals surface area (Å²) < 4.78 is 10.6. The first-order chi connectivity index (χ1) is 12.4. The highest BCUT2D eigenvalue weighted by atomic mass is 16.6. The number of anilines is 1. The van der Waals surface area contributed by atoms with Crippen molar-refractivity contribution < 1.29 is 19.1 Å². The maximum Gasteiger partial charge on any atom is 0.344 e. The Kier molecular flexibility index (Phi) is 6.78. The first-order valence-electron chi connectivity index (χ1n) is 8.67. The lowest BCUT2D eigenvalue weighted by atomic mass is 10.1. The van der Waals surface area contributed by atoms with E-state index in [1.807, 2.05) is 56.3 Å². The summed E-state index contributed by atoms with van der Waals surface area (Å²) in [6.45, 7) is 7.26. The molecule has 0 fully saturated rings. The van der Waals surface area contributed by atoms with Gasteiger partial charge in [0.1, 0.15) is 5.75 Å². The molecule has 0 heterocycles. The van der Waals surface area contributed by atoms with Crippen LogP contribution in [0.4, 0.5) is 5.69 Å². The fourth-order valence-corrected chi connectivity index (χ4v) is 2.51. The Balaban J connectivity index is 1.82. The Morgan fingerprint density at radius 2 is 1.65 bits per heavy atom. The largest absolute Gasteiger partial charge is 0.482 e. The van der Waals surface area contributed by atoms with Crippen molar-refractivity contribution in [2.75, 3.05) is 11.9 Å². The van der Waals surface area contributed by atoms with Crippen molar-refractivity contribution >= 4 is 17.6 Å². The van der Waals surface area contributed by atoms with Crippen LogP contribution in [-0.2, 0) is 20.7 Å². The number of ether oxygens (including phenoxy) is 2. The molecule has 5 nitrogen and oxygen atoms in total. The van der Waals surface area contributed by atoms with Crippen molar-refractivity contribution in [3.05, 3.63) is 59.2 Å². The number of nitrogens with one attached hydrogen (secondary N) is 1. The summed E-state index contributed by atoms with van der Waals surface area (Å²) in [5.41, 5.74) is 3.96. The van der Waals surface area contributed by atoms with E-state index in [0.29, 0.717) is 11.4 Å². The summed E-state index contributed by atoms with van der Waals surface area (Å²) in [5.74, 6) is -0.366. The molecule has 0 aliphatic rings. The molecule has 5 heteroatoms. The van der Waals surface area contributed by atoms with Crippen LogP contribution in [0, 0.1) is 13.8 Å². The molecule has 2 rings (SSSR count). The van der Waals surface area contributed by atoms with Gasteiger partial charge in [-0.1, -0.05) is 25.1 Å². The SMILES string of the molecule is CCc1ccc(NC(=O)C(C)OC(=O)COc2cc(C)cc(C)c2)cc1. The van der Waals surface area contributed by atoms with Crippen LogP contribution in [0.1, 0.15) is 30.5 Å². The van der Waals surface area contributed by atoms with E-state index in [0.717, 1.165) is 17.5 Å². The number of esters is 1. The van der Waals surface area contributed by atoms with Crippen LogP contribution in [0.15, 0.2) is 42.5 Å². The normalized spacial score (nSPS) is 11.5. The minimum Gasteiger partial charge on any atom is -0.482 e. The summed E-state index contributed by atoms with van der Waals surface area (Å²) in [4.78, 5) is 24.0. The highest BCUT2D eigenvalue weighted by molar-refractivity contribution is 5.95. The molecule has 0 saturated carbocycles. The van der Waals surface area contributed by atoms with Crippen LogP contribution in [-0.4, -0.2) is 24.6 Å². The summed E-state index contributed by atoms with van der Waals surface area (Å²) in [6.07, 6.45) is 0.0269. The van der Waals surface area contributed by atoms with Crippen LogP contribution in [0.3, 0.4) is 0 Å². The van der Waals surface area contributed by atoms with Gasteiger partial charge in [0.05, 0.1) is 0 Å². The predicted molar refractivity (Wildman–Crippen MR) is 101 cm³/mol. The number of benzene rings is 2. The smallest absolute Gasteiger partial charge is 0.344 e. The van der Waals surface area contributed by atoms with Gasteiger partial charge in [-0.2, -0.15) is 0 Å². The Hall–Kier alpha value is -2.82. The molecule has 0 aromatic heterocycles. The molecule has 0 spiro atoms. The van der Waals surface area contributed by atoms with E-state index in [1.54, 1.807) is 0 Å². The van der Waals surface area contributed by atoms with Crippen LogP contribution in [0.5, 0.6) is 5.75 Å². The summed E-state index contributed by atoms with van der Waals surface area (Å²) >= 11 is 0. The lowest BCUT2D eigenvalue weighted by Gasteiger charge is -2.14. The van der Waals surface area contributed by atoms with Gasteiger partial charge < -0.3 is 14.8 Å². The van der Waals surface area contributed by atoms with Crippen LogP contribution >= 0.6 is 0 Å². The molecule has 138 valence electrons. The number of carbonyl (C=O) groups is 2. The third-order valence-corrected chi connectivity index (χ3v) is 3.86. The number of aryl methyl sites for hydroxylation is 3. The van der Waals surface area contributed by atoms with E-state index >= 15 is 0 Å². The molecular weight excluding hydrogens is 330 g/mol. The van der Waals surface area contributed by atoms with Gasteiger partial charge in [-0.05, 0) is 68.1 Å². The molecule has 0 aliphatic carbocycles. The van der Waals surface area contributed by atoms with Gasteiger partial charge in [-0.25, -0.2) is 4.79 Å². The molecule has 1 unspecified atom stereocenters. The van der Waals surface area contributed by atoms with Gasteiger partial charge in [-0.15, -0.1) is 0 Å². The molecular formula is C21H25NO4. The van der Waals surface area contributed by atoms with Gasteiger partial charge in [0.15, 0.2) is 12.7 Å². The first-order valence-corrected chi connectivity index (χ1v) is 8.67. The fourth-order valence-electron chi connectivity index (χ4n) is 2.51. The van der Waals surface area contributed by atoms with Crippen molar-refractivity contribution in [2.24, 2.45) is 0 Å². The van der Waals surface area contributed by atoms with Crippen molar-refractivity contribution in [3.63, 3.8) is 0 Å². The Morgan fingerprint density at radius 1 is 1.04 bits per heavy atom. The highest BCUT2D eigenvalue weighted by Gasteiger charge is 2.18. The molecule has 0 aliphatic heterocycles. The van der Waals surface area contributed by atoms with E-state index in [-0.39, 0.29) is 12.5 Å². The van der Waals surface area contributed by atoms with Gasteiger partial charge in [-0.3, -0.25) is 4.79 Å². The van der Waals surface area contributed by atoms with Gasteiger partial charge >= 0.3 is 5.97 Å². The van der Waals surface area contributed by atoms with Crippen LogP contribution < -0.4 is 10.1 Å². The molecule has 0 bridgehead atoms. The van der Waals surface area contributed by atoms with E-state index in [4.69, 9.17) is 9.47 Å². The standard InChI is InChI=1S/C21H25NO4/c1-5-17-6-8-18(9-7-17)22-21(24)16(4)26-20(23)13-25-19-11-14(2)10-15(3)12-19/h6-12,16H,5,13H2,1-4H3,(H,22,24). The van der Waals surface area contributed by atoms with Crippen molar-refractivity contribution in [2.45, 2.75) is 40.2 Å². The zero-order chi connectivity index (χ0) is 19.1. The zero-order valence-corrected chi connectivity index (χ0v) is 15.7. The predicted octanol–water partition coefficient (Wildman–Crippen LogP) is 3.82. The summed E-state index contributed by atoms with van der Waals surface area (Å²) in [7, 11) is 0. The monoisotopic (exact) mass is 355 g/mol. The second-order valence-corrected chi connectivity index (χ2v) is 6.28. The van der Waals surface area contributed by atoms with Gasteiger partial charge in [0.2, 0.25) is 0 Å². The van der Waals surface area contributed by atoms with E-state index in [1.165, 1.54) is 12.5 Å². The minimum absolute atomic E-state index is 0.244. The topological polar surface area (TPSA) is 64.6 Å². The van der Waals surface area contributed by atoms with E-state index < -0.39 is 12.1 Å². The maximum absolute atomic E-state index is 12.1. The number of amides is 1. The zero-order valence-electron chi connectivity index (χ0n) is 15.7. The molecule has 0 radical (unpaired) electrons. The van der Waals surface area contributed by atoms with Gasteiger partial charge in [0.25, 0.3) is 5.91 Å². The van der Waals surface area contributed by atoms with Gasteiger partial charge in [0, 0.05) is 5.69 Å². The molecule has 1 atom stereocenters. The second kappa shape index (κ2) is 9.04. The number of hydrogen-bond donors (Lipinski definition) is 1. The van der Waals surface area contributed by atoms with Crippen molar-refractivity contribution in [1.82, 2.24) is 0 Å². The number of rotatable bonds is 7. The molecule has 2 aromatic rings. The first kappa shape index (κ1) is 19.5. The Labute approximate surface area is 154 Å². The lowest BCUT2D eigenvalue weighted by molar-refractivity contribution is -0.155. The van der Waals surface area contributed by atoms with E-state index in [9.17, 15) is 9.59 Å². The third-order valence-electron chi connectivity index (χ3n) is 3.86. The minimum atomic E-state index is -0.906. The molecule has 2 aromatic carbocycles. The third kappa shape index (κ3) is 5.92. The molecule has 0 saturated heterocycles. The number of carbonyl (C=O) groups excluding carboxylic acids is 2. The lowest BCUT2D eigenvalue weighted by Crippen LogP contribution is -2.31. The van der Waals surface area contributed by atoms with Crippen molar-refractivity contribution in [1.29, 1.82) is 0 Å². The maximum atomic E-state index is 12.1. The van der Waals surface area contributed by atoms with Crippen LogP contribution in [0.2, 0.25) is 0 Å². The summed E-state index contributed by atoms with van der Waals surface area (Å²) in [5, 5.41) is 2.73. The fraction of sp³-hybridized carbons (Fsp3) is 0.333. The second-order valence-electron chi connectivity index (χ2n) is 6.28. The number of hydrogen-bond acceptors (Lipinski definition) is 4.